The fourth-order valence-corrected chi connectivity index (χ4v) is 1.51. The van der Waals surface area contributed by atoms with Crippen LogP contribution in [0, 0.1) is 0 Å². The molecular weight excluding hydrogens is 200 g/mol. The number of nitrogens with zero attached hydrogens (tertiary/aromatic N) is 1. The van der Waals surface area contributed by atoms with Crippen LogP contribution in [0.25, 0.3) is 0 Å². The molecule has 0 fully saturated rings. The van der Waals surface area contributed by atoms with Crippen LogP contribution in [0.2, 0.25) is 0 Å². The highest BCUT2D eigenvalue weighted by molar-refractivity contribution is 5.33. The molecule has 0 aliphatic carbocycles. The zero-order valence-corrected chi connectivity index (χ0v) is 10.3. The predicted octanol–water partition coefficient (Wildman–Crippen LogP) is 3.22. The molecule has 0 saturated carbocycles. The van der Waals surface area contributed by atoms with Crippen LogP contribution in [0.5, 0.6) is 0 Å². The van der Waals surface area contributed by atoms with Crippen LogP contribution in [0.3, 0.4) is 0 Å². The molecule has 16 heavy (non-hydrogen) atoms. The summed E-state index contributed by atoms with van der Waals surface area (Å²) in [6.45, 7) is 3.67. The molecule has 0 aliphatic heterocycles. The molecule has 0 aliphatic rings. The quantitative estimate of drug-likeness (QED) is 0.686. The van der Waals surface area contributed by atoms with Gasteiger partial charge in [-0.3, -0.25) is 0 Å². The second-order valence-corrected chi connectivity index (χ2v) is 3.88. The average molecular weight is 222 g/mol. The van der Waals surface area contributed by atoms with Crippen LogP contribution in [0.4, 0.5) is 5.82 Å². The van der Waals surface area contributed by atoms with Gasteiger partial charge in [-0.05, 0) is 18.6 Å². The van der Waals surface area contributed by atoms with E-state index in [9.17, 15) is 0 Å². The fourth-order valence-electron chi connectivity index (χ4n) is 1.51. The Kier molecular flexibility index (Phi) is 6.58. The van der Waals surface area contributed by atoms with Crippen molar-refractivity contribution < 1.29 is 4.74 Å². The van der Waals surface area contributed by atoms with Crippen molar-refractivity contribution in [2.24, 2.45) is 0 Å². The maximum atomic E-state index is 5.58. The number of aromatic nitrogens is 1. The fraction of sp³-hybridized carbons (Fsp3) is 0.615. The molecule has 1 heterocycles. The maximum Gasteiger partial charge on any atom is 0.126 e. The Morgan fingerprint density at radius 2 is 2.12 bits per heavy atom. The molecule has 1 aromatic rings. The van der Waals surface area contributed by atoms with Gasteiger partial charge in [0.25, 0.3) is 0 Å². The maximum absolute atomic E-state index is 5.58. The van der Waals surface area contributed by atoms with Crippen molar-refractivity contribution in [2.45, 2.75) is 39.2 Å². The molecule has 3 nitrogen and oxygen atoms in total. The third kappa shape index (κ3) is 5.12. The Morgan fingerprint density at radius 1 is 1.25 bits per heavy atom. The van der Waals surface area contributed by atoms with Gasteiger partial charge in [-0.25, -0.2) is 4.98 Å². The lowest BCUT2D eigenvalue weighted by Crippen LogP contribution is -2.00. The Bertz CT molecular complexity index is 289. The first-order valence-corrected chi connectivity index (χ1v) is 6.08. The first-order chi connectivity index (χ1) is 7.86. The van der Waals surface area contributed by atoms with E-state index in [0.29, 0.717) is 6.61 Å². The number of ether oxygens (including phenoxy) is 1. The van der Waals surface area contributed by atoms with Crippen molar-refractivity contribution in [3.05, 3.63) is 23.9 Å². The van der Waals surface area contributed by atoms with Crippen LogP contribution < -0.4 is 5.32 Å². The summed E-state index contributed by atoms with van der Waals surface area (Å²) in [4.78, 5) is 4.39. The highest BCUT2D eigenvalue weighted by Gasteiger charge is 1.96. The number of pyridine rings is 1. The highest BCUT2D eigenvalue weighted by atomic mass is 16.5. The number of hydrogen-bond acceptors (Lipinski definition) is 3. The summed E-state index contributed by atoms with van der Waals surface area (Å²) in [6.07, 6.45) is 4.99. The van der Waals surface area contributed by atoms with E-state index < -0.39 is 0 Å². The first kappa shape index (κ1) is 13.0. The summed E-state index contributed by atoms with van der Waals surface area (Å²) in [5.74, 6) is 0.895. The van der Waals surface area contributed by atoms with Gasteiger partial charge in [0.1, 0.15) is 5.82 Å². The lowest BCUT2D eigenvalue weighted by molar-refractivity contribution is 0.114. The molecule has 0 aromatic carbocycles. The van der Waals surface area contributed by atoms with E-state index in [4.69, 9.17) is 4.74 Å². The number of rotatable bonds is 8. The molecular formula is C13H22N2O. The highest BCUT2D eigenvalue weighted by Crippen LogP contribution is 2.06. The molecule has 1 N–H and O–H groups in total. The SMILES string of the molecule is CCCCCCOCc1cccc(NC)n1. The van der Waals surface area contributed by atoms with Crippen molar-refractivity contribution in [2.75, 3.05) is 19.0 Å². The Labute approximate surface area is 98.2 Å². The van der Waals surface area contributed by atoms with Crippen molar-refractivity contribution >= 4 is 5.82 Å². The standard InChI is InChI=1S/C13H22N2O/c1-3-4-5-6-10-16-11-12-8-7-9-13(14-2)15-12/h7-9H,3-6,10-11H2,1-2H3,(H,14,15). The molecule has 0 radical (unpaired) electrons. The smallest absolute Gasteiger partial charge is 0.126 e. The minimum atomic E-state index is 0.613. The van der Waals surface area contributed by atoms with Gasteiger partial charge in [0.2, 0.25) is 0 Å². The Balaban J connectivity index is 2.16. The van der Waals surface area contributed by atoms with E-state index >= 15 is 0 Å². The van der Waals surface area contributed by atoms with Gasteiger partial charge < -0.3 is 10.1 Å². The molecule has 3 heteroatoms. The number of anilines is 1. The van der Waals surface area contributed by atoms with Gasteiger partial charge in [0, 0.05) is 13.7 Å². The van der Waals surface area contributed by atoms with Crippen molar-refractivity contribution in [1.82, 2.24) is 4.98 Å². The Hall–Kier alpha value is -1.09. The van der Waals surface area contributed by atoms with Crippen molar-refractivity contribution in [1.29, 1.82) is 0 Å². The second kappa shape index (κ2) is 8.11. The van der Waals surface area contributed by atoms with Gasteiger partial charge >= 0.3 is 0 Å². The van der Waals surface area contributed by atoms with E-state index in [0.717, 1.165) is 24.5 Å². The molecule has 90 valence electrons. The van der Waals surface area contributed by atoms with E-state index in [1.165, 1.54) is 19.3 Å². The lowest BCUT2D eigenvalue weighted by Gasteiger charge is -2.05. The van der Waals surface area contributed by atoms with Crippen LogP contribution in [-0.4, -0.2) is 18.6 Å². The Morgan fingerprint density at radius 3 is 2.88 bits per heavy atom. The average Bonchev–Trinajstić information content (AvgIpc) is 2.34. The number of hydrogen-bond donors (Lipinski definition) is 1. The zero-order chi connectivity index (χ0) is 11.6. The molecule has 1 aromatic heterocycles. The summed E-state index contributed by atoms with van der Waals surface area (Å²) in [7, 11) is 1.87. The molecule has 0 saturated heterocycles. The minimum absolute atomic E-state index is 0.613. The van der Waals surface area contributed by atoms with E-state index in [1.54, 1.807) is 0 Å². The molecule has 0 atom stereocenters. The van der Waals surface area contributed by atoms with Gasteiger partial charge in [-0.1, -0.05) is 32.3 Å². The van der Waals surface area contributed by atoms with Crippen LogP contribution in [0.15, 0.2) is 18.2 Å². The van der Waals surface area contributed by atoms with E-state index in [2.05, 4.69) is 17.2 Å². The first-order valence-electron chi connectivity index (χ1n) is 6.08. The molecule has 0 unspecified atom stereocenters. The monoisotopic (exact) mass is 222 g/mol. The molecule has 0 spiro atoms. The zero-order valence-electron chi connectivity index (χ0n) is 10.3. The number of unbranched alkanes of at least 4 members (excludes halogenated alkanes) is 3. The topological polar surface area (TPSA) is 34.1 Å². The summed E-state index contributed by atoms with van der Waals surface area (Å²) in [5, 5.41) is 3.02. The number of nitrogens with one attached hydrogen (secondary N) is 1. The van der Waals surface area contributed by atoms with Gasteiger partial charge in [-0.2, -0.15) is 0 Å². The minimum Gasteiger partial charge on any atom is -0.375 e. The van der Waals surface area contributed by atoms with Crippen molar-refractivity contribution in [3.63, 3.8) is 0 Å². The van der Waals surface area contributed by atoms with Gasteiger partial charge in [0.05, 0.1) is 12.3 Å². The summed E-state index contributed by atoms with van der Waals surface area (Å²) in [5.41, 5.74) is 0.988. The third-order valence-electron chi connectivity index (χ3n) is 2.46. The summed E-state index contributed by atoms with van der Waals surface area (Å²) >= 11 is 0. The van der Waals surface area contributed by atoms with E-state index in [1.807, 2.05) is 25.2 Å². The summed E-state index contributed by atoms with van der Waals surface area (Å²) < 4.78 is 5.58. The summed E-state index contributed by atoms with van der Waals surface area (Å²) in [6, 6.07) is 5.94. The molecule has 1 rings (SSSR count). The second-order valence-electron chi connectivity index (χ2n) is 3.88. The van der Waals surface area contributed by atoms with Crippen LogP contribution >= 0.6 is 0 Å². The lowest BCUT2D eigenvalue weighted by atomic mass is 10.2. The third-order valence-corrected chi connectivity index (χ3v) is 2.46. The van der Waals surface area contributed by atoms with E-state index in [-0.39, 0.29) is 0 Å². The largest absolute Gasteiger partial charge is 0.375 e. The van der Waals surface area contributed by atoms with Crippen molar-refractivity contribution in [3.8, 4) is 0 Å². The van der Waals surface area contributed by atoms with Crippen LogP contribution in [0.1, 0.15) is 38.3 Å². The predicted molar refractivity (Wildman–Crippen MR) is 67.6 cm³/mol. The van der Waals surface area contributed by atoms with Crippen LogP contribution in [-0.2, 0) is 11.3 Å². The van der Waals surface area contributed by atoms with Gasteiger partial charge in [0.15, 0.2) is 0 Å². The normalized spacial score (nSPS) is 10.4. The van der Waals surface area contributed by atoms with Gasteiger partial charge in [-0.15, -0.1) is 0 Å². The molecule has 0 amide bonds. The molecule has 0 bridgehead atoms.